The SMILES string of the molecule is CCNC(=NCC1COc2ccccc2O1)NCCCCn1cnnc1.I. The number of aliphatic imine (C=N–C) groups is 1. The van der Waals surface area contributed by atoms with E-state index in [9.17, 15) is 0 Å². The molecule has 0 saturated heterocycles. The van der Waals surface area contributed by atoms with Crippen LogP contribution >= 0.6 is 24.0 Å². The van der Waals surface area contributed by atoms with Gasteiger partial charge in [0.05, 0.1) is 6.54 Å². The van der Waals surface area contributed by atoms with Crippen molar-refractivity contribution in [1.82, 2.24) is 25.4 Å². The Bertz CT molecular complexity index is 695. The van der Waals surface area contributed by atoms with E-state index in [4.69, 9.17) is 9.47 Å². The number of hydrogen-bond acceptors (Lipinski definition) is 5. The van der Waals surface area contributed by atoms with Crippen LogP contribution in [0.5, 0.6) is 11.5 Å². The molecule has 2 N–H and O–H groups in total. The van der Waals surface area contributed by atoms with E-state index in [2.05, 4.69) is 32.7 Å². The number of aromatic nitrogens is 3. The number of nitrogens with zero attached hydrogens (tertiary/aromatic N) is 4. The highest BCUT2D eigenvalue weighted by molar-refractivity contribution is 14.0. The molecule has 0 amide bonds. The lowest BCUT2D eigenvalue weighted by molar-refractivity contribution is 0.0971. The standard InChI is InChI=1S/C18H26N6O2.HI/c1-2-19-18(20-9-5-6-10-24-13-22-23-14-24)21-11-15-12-25-16-7-3-4-8-17(16)26-15;/h3-4,7-8,13-15H,2,5-6,9-12H2,1H3,(H2,19,20,21);1H. The van der Waals surface area contributed by atoms with E-state index in [-0.39, 0.29) is 30.1 Å². The largest absolute Gasteiger partial charge is 0.486 e. The van der Waals surface area contributed by atoms with Gasteiger partial charge in [-0.05, 0) is 31.9 Å². The predicted molar refractivity (Wildman–Crippen MR) is 115 cm³/mol. The molecule has 0 bridgehead atoms. The van der Waals surface area contributed by atoms with Crippen LogP contribution in [-0.4, -0.2) is 53.1 Å². The third-order valence-corrected chi connectivity index (χ3v) is 3.97. The zero-order chi connectivity index (χ0) is 18.0. The van der Waals surface area contributed by atoms with Crippen LogP contribution in [0, 0.1) is 0 Å². The van der Waals surface area contributed by atoms with Gasteiger partial charge in [-0.15, -0.1) is 34.2 Å². The molecular weight excluding hydrogens is 459 g/mol. The summed E-state index contributed by atoms with van der Waals surface area (Å²) in [7, 11) is 0. The molecule has 1 unspecified atom stereocenters. The maximum Gasteiger partial charge on any atom is 0.191 e. The molecule has 9 heteroatoms. The molecule has 0 spiro atoms. The fourth-order valence-corrected chi connectivity index (χ4v) is 2.65. The van der Waals surface area contributed by atoms with E-state index in [1.807, 2.05) is 28.8 Å². The summed E-state index contributed by atoms with van der Waals surface area (Å²) in [6.07, 6.45) is 5.50. The molecule has 3 rings (SSSR count). The lowest BCUT2D eigenvalue weighted by Crippen LogP contribution is -2.39. The molecule has 1 aromatic heterocycles. The molecule has 1 aromatic carbocycles. The lowest BCUT2D eigenvalue weighted by Gasteiger charge is -2.25. The number of nitrogens with one attached hydrogen (secondary N) is 2. The highest BCUT2D eigenvalue weighted by atomic mass is 127. The Morgan fingerprint density at radius 3 is 2.74 bits per heavy atom. The normalized spacial score (nSPS) is 15.7. The molecule has 0 aliphatic carbocycles. The summed E-state index contributed by atoms with van der Waals surface area (Å²) >= 11 is 0. The first kappa shape index (κ1) is 21.3. The van der Waals surface area contributed by atoms with E-state index in [1.165, 1.54) is 0 Å². The second-order valence-corrected chi connectivity index (χ2v) is 6.05. The first-order valence-electron chi connectivity index (χ1n) is 9.08. The summed E-state index contributed by atoms with van der Waals surface area (Å²) in [6, 6.07) is 7.72. The minimum atomic E-state index is -0.0749. The van der Waals surface area contributed by atoms with Crippen LogP contribution in [0.2, 0.25) is 0 Å². The van der Waals surface area contributed by atoms with Gasteiger partial charge in [-0.2, -0.15) is 0 Å². The van der Waals surface area contributed by atoms with Crippen molar-refractivity contribution in [2.75, 3.05) is 26.2 Å². The van der Waals surface area contributed by atoms with Crippen molar-refractivity contribution < 1.29 is 9.47 Å². The van der Waals surface area contributed by atoms with Gasteiger partial charge in [-0.1, -0.05) is 12.1 Å². The Morgan fingerprint density at radius 1 is 1.19 bits per heavy atom. The number of unbranched alkanes of at least 4 members (excludes halogenated alkanes) is 1. The third-order valence-electron chi connectivity index (χ3n) is 3.97. The first-order valence-corrected chi connectivity index (χ1v) is 9.08. The average Bonchev–Trinajstić information content (AvgIpc) is 3.19. The number of fused-ring (bicyclic) bond motifs is 1. The van der Waals surface area contributed by atoms with Gasteiger partial charge in [0.2, 0.25) is 0 Å². The molecule has 0 radical (unpaired) electrons. The van der Waals surface area contributed by atoms with Crippen LogP contribution < -0.4 is 20.1 Å². The molecule has 8 nitrogen and oxygen atoms in total. The van der Waals surface area contributed by atoms with Crippen LogP contribution in [0.3, 0.4) is 0 Å². The van der Waals surface area contributed by atoms with E-state index < -0.39 is 0 Å². The molecule has 0 saturated carbocycles. The summed E-state index contributed by atoms with van der Waals surface area (Å²) in [5.41, 5.74) is 0. The van der Waals surface area contributed by atoms with Gasteiger partial charge >= 0.3 is 0 Å². The molecule has 1 aliphatic rings. The van der Waals surface area contributed by atoms with Crippen LogP contribution in [-0.2, 0) is 6.54 Å². The van der Waals surface area contributed by atoms with Gasteiger partial charge in [0, 0.05) is 19.6 Å². The van der Waals surface area contributed by atoms with E-state index in [1.54, 1.807) is 12.7 Å². The summed E-state index contributed by atoms with van der Waals surface area (Å²) in [6.45, 7) is 5.72. The summed E-state index contributed by atoms with van der Waals surface area (Å²) < 4.78 is 13.7. The Morgan fingerprint density at radius 2 is 1.96 bits per heavy atom. The molecule has 1 aliphatic heterocycles. The van der Waals surface area contributed by atoms with Gasteiger partial charge < -0.3 is 24.7 Å². The molecular formula is C18H27IN6O2. The molecule has 2 aromatic rings. The number of ether oxygens (including phenoxy) is 2. The highest BCUT2D eigenvalue weighted by Crippen LogP contribution is 2.30. The maximum absolute atomic E-state index is 5.94. The molecule has 1 atom stereocenters. The summed E-state index contributed by atoms with van der Waals surface area (Å²) in [5.74, 6) is 2.39. The molecule has 148 valence electrons. The third kappa shape index (κ3) is 6.89. The van der Waals surface area contributed by atoms with E-state index in [0.717, 1.165) is 49.9 Å². The highest BCUT2D eigenvalue weighted by Gasteiger charge is 2.20. The zero-order valence-corrected chi connectivity index (χ0v) is 17.8. The second kappa shape index (κ2) is 11.6. The number of guanidine groups is 1. The fraction of sp³-hybridized carbons (Fsp3) is 0.500. The molecule has 27 heavy (non-hydrogen) atoms. The van der Waals surface area contributed by atoms with Crippen LogP contribution in [0.25, 0.3) is 0 Å². The minimum Gasteiger partial charge on any atom is -0.486 e. The van der Waals surface area contributed by atoms with Crippen molar-refractivity contribution in [3.8, 4) is 11.5 Å². The predicted octanol–water partition coefficient (Wildman–Crippen LogP) is 2.07. The number of benzene rings is 1. The Balaban J connectivity index is 0.00000261. The van der Waals surface area contributed by atoms with Crippen molar-refractivity contribution >= 4 is 29.9 Å². The smallest absolute Gasteiger partial charge is 0.191 e. The first-order chi connectivity index (χ1) is 12.8. The lowest BCUT2D eigenvalue weighted by atomic mass is 10.2. The van der Waals surface area contributed by atoms with Gasteiger partial charge in [0.25, 0.3) is 0 Å². The number of aryl methyl sites for hydroxylation is 1. The zero-order valence-electron chi connectivity index (χ0n) is 15.5. The number of rotatable bonds is 8. The summed E-state index contributed by atoms with van der Waals surface area (Å²) in [4.78, 5) is 4.62. The maximum atomic E-state index is 5.94. The Kier molecular flexibility index (Phi) is 9.16. The van der Waals surface area contributed by atoms with E-state index in [0.29, 0.717) is 13.2 Å². The Hall–Kier alpha value is -2.04. The number of hydrogen-bond donors (Lipinski definition) is 2. The van der Waals surface area contributed by atoms with E-state index >= 15 is 0 Å². The number of para-hydroxylation sites is 2. The van der Waals surface area contributed by atoms with Crippen molar-refractivity contribution in [3.05, 3.63) is 36.9 Å². The topological polar surface area (TPSA) is 85.6 Å². The quantitative estimate of drug-likeness (QED) is 0.257. The summed E-state index contributed by atoms with van der Waals surface area (Å²) in [5, 5.41) is 14.2. The van der Waals surface area contributed by atoms with Crippen molar-refractivity contribution in [3.63, 3.8) is 0 Å². The minimum absolute atomic E-state index is 0. The monoisotopic (exact) mass is 486 g/mol. The van der Waals surface area contributed by atoms with Crippen LogP contribution in [0.1, 0.15) is 19.8 Å². The molecule has 2 heterocycles. The van der Waals surface area contributed by atoms with Crippen molar-refractivity contribution in [1.29, 1.82) is 0 Å². The average molecular weight is 486 g/mol. The van der Waals surface area contributed by atoms with Crippen molar-refractivity contribution in [2.24, 2.45) is 4.99 Å². The van der Waals surface area contributed by atoms with Crippen LogP contribution in [0.15, 0.2) is 41.9 Å². The van der Waals surface area contributed by atoms with Gasteiger partial charge in [-0.25, -0.2) is 4.99 Å². The van der Waals surface area contributed by atoms with Gasteiger partial charge in [-0.3, -0.25) is 0 Å². The molecule has 0 fully saturated rings. The fourth-order valence-electron chi connectivity index (χ4n) is 2.65. The van der Waals surface area contributed by atoms with Gasteiger partial charge in [0.15, 0.2) is 23.6 Å². The van der Waals surface area contributed by atoms with Crippen molar-refractivity contribution in [2.45, 2.75) is 32.4 Å². The Labute approximate surface area is 176 Å². The second-order valence-electron chi connectivity index (χ2n) is 6.05. The van der Waals surface area contributed by atoms with Gasteiger partial charge in [0.1, 0.15) is 19.3 Å². The number of halogens is 1. The van der Waals surface area contributed by atoms with Crippen LogP contribution in [0.4, 0.5) is 0 Å².